The molecule has 2 fully saturated rings. The maximum atomic E-state index is 14.2. The highest BCUT2D eigenvalue weighted by atomic mass is 19.4. The number of allylic oxidation sites excluding steroid dienone is 1. The molecule has 3 aromatic rings. The predicted molar refractivity (Wildman–Crippen MR) is 175 cm³/mol. The second kappa shape index (κ2) is 14.1. The Morgan fingerprint density at radius 2 is 1.79 bits per heavy atom. The number of aryl methyl sites for hydroxylation is 1. The smallest absolute Gasteiger partial charge is 0.434 e. The Morgan fingerprint density at radius 3 is 2.48 bits per heavy atom. The molecule has 1 saturated heterocycles. The molecule has 0 bridgehead atoms. The van der Waals surface area contributed by atoms with Gasteiger partial charge in [-0.05, 0) is 117 Å². The predicted octanol–water partition coefficient (Wildman–Crippen LogP) is 7.79. The van der Waals surface area contributed by atoms with Crippen LogP contribution in [-0.4, -0.2) is 57.8 Å². The van der Waals surface area contributed by atoms with Gasteiger partial charge in [0.2, 0.25) is 5.91 Å². The molecular formula is C37H43F3N4O4. The zero-order valence-electron chi connectivity index (χ0n) is 27.8. The van der Waals surface area contributed by atoms with E-state index in [1.54, 1.807) is 12.1 Å². The van der Waals surface area contributed by atoms with Crippen molar-refractivity contribution in [2.75, 3.05) is 26.3 Å². The lowest BCUT2D eigenvalue weighted by Gasteiger charge is -2.33. The quantitative estimate of drug-likeness (QED) is 0.206. The van der Waals surface area contributed by atoms with E-state index in [4.69, 9.17) is 9.47 Å². The summed E-state index contributed by atoms with van der Waals surface area (Å²) in [4.78, 5) is 31.5. The van der Waals surface area contributed by atoms with E-state index in [1.807, 2.05) is 11.0 Å². The van der Waals surface area contributed by atoms with Crippen molar-refractivity contribution in [1.82, 2.24) is 19.7 Å². The molecule has 2 aliphatic carbocycles. The van der Waals surface area contributed by atoms with Gasteiger partial charge < -0.3 is 14.4 Å². The highest BCUT2D eigenvalue weighted by molar-refractivity contribution is 5.90. The Balaban J connectivity index is 1.22. The molecule has 1 aromatic carbocycles. The normalized spacial score (nSPS) is 19.0. The molecule has 1 atom stereocenters. The number of aromatic nitrogens is 3. The SMILES string of the molecule is CCOC(=O)c1cnn(-c2cccc(C3=C(COc4ccc(C5CCN(C(=O)C6CC6)CC5)c(CC)c4)C(C)CCC3)n2)c1C(F)(F)F. The molecule has 1 amide bonds. The largest absolute Gasteiger partial charge is 0.489 e. The van der Waals surface area contributed by atoms with E-state index in [1.165, 1.54) is 24.1 Å². The lowest BCUT2D eigenvalue weighted by atomic mass is 9.82. The van der Waals surface area contributed by atoms with Crippen LogP contribution in [0.1, 0.15) is 105 Å². The molecule has 1 unspecified atom stereocenters. The van der Waals surface area contributed by atoms with E-state index in [-0.39, 0.29) is 24.3 Å². The number of alkyl halides is 3. The number of piperidine rings is 1. The van der Waals surface area contributed by atoms with Crippen molar-refractivity contribution in [1.29, 1.82) is 0 Å². The van der Waals surface area contributed by atoms with Gasteiger partial charge in [0.1, 0.15) is 17.9 Å². The van der Waals surface area contributed by atoms with Crippen molar-refractivity contribution in [3.05, 3.63) is 76.2 Å². The van der Waals surface area contributed by atoms with E-state index < -0.39 is 23.4 Å². The third-order valence-electron chi connectivity index (χ3n) is 9.90. The summed E-state index contributed by atoms with van der Waals surface area (Å²) in [6.07, 6.45) is 3.54. The molecule has 3 heterocycles. The fraction of sp³-hybridized carbons (Fsp3) is 0.514. The number of hydrogen-bond donors (Lipinski definition) is 0. The molecule has 2 aromatic heterocycles. The number of carbonyl (C=O) groups is 2. The molecule has 256 valence electrons. The second-order valence-electron chi connectivity index (χ2n) is 13.1. The van der Waals surface area contributed by atoms with Gasteiger partial charge in [-0.15, -0.1) is 0 Å². The number of esters is 1. The first kappa shape index (κ1) is 33.7. The summed E-state index contributed by atoms with van der Waals surface area (Å²) in [5, 5.41) is 3.91. The number of likely N-dealkylation sites (tertiary alicyclic amines) is 1. The number of carbonyl (C=O) groups excluding carboxylic acids is 2. The Kier molecular flexibility index (Phi) is 9.94. The molecular weight excluding hydrogens is 621 g/mol. The molecule has 3 aliphatic rings. The second-order valence-corrected chi connectivity index (χ2v) is 13.1. The van der Waals surface area contributed by atoms with Crippen molar-refractivity contribution in [3.8, 4) is 11.6 Å². The van der Waals surface area contributed by atoms with Crippen LogP contribution < -0.4 is 4.74 Å². The van der Waals surface area contributed by atoms with Gasteiger partial charge in [0, 0.05) is 19.0 Å². The fourth-order valence-corrected chi connectivity index (χ4v) is 7.14. The van der Waals surface area contributed by atoms with Crippen LogP contribution in [0.5, 0.6) is 5.75 Å². The van der Waals surface area contributed by atoms with Gasteiger partial charge in [-0.1, -0.05) is 26.0 Å². The summed E-state index contributed by atoms with van der Waals surface area (Å²) < 4.78 is 54.5. The number of nitrogens with zero attached hydrogens (tertiary/aromatic N) is 4. The molecule has 6 rings (SSSR count). The summed E-state index contributed by atoms with van der Waals surface area (Å²) in [5.41, 5.74) is 3.32. The zero-order chi connectivity index (χ0) is 34.0. The third-order valence-corrected chi connectivity index (χ3v) is 9.90. The van der Waals surface area contributed by atoms with E-state index in [2.05, 4.69) is 36.1 Å². The van der Waals surface area contributed by atoms with Gasteiger partial charge in [-0.25, -0.2) is 14.5 Å². The first-order valence-electron chi connectivity index (χ1n) is 17.1. The van der Waals surface area contributed by atoms with Gasteiger partial charge in [0.25, 0.3) is 0 Å². The molecule has 0 N–H and O–H groups in total. The minimum absolute atomic E-state index is 0.0349. The summed E-state index contributed by atoms with van der Waals surface area (Å²) in [5.74, 6) is 0.879. The van der Waals surface area contributed by atoms with Crippen molar-refractivity contribution in [2.24, 2.45) is 11.8 Å². The maximum absolute atomic E-state index is 14.2. The van der Waals surface area contributed by atoms with Gasteiger partial charge >= 0.3 is 12.1 Å². The first-order chi connectivity index (χ1) is 23.1. The minimum Gasteiger partial charge on any atom is -0.489 e. The topological polar surface area (TPSA) is 86.5 Å². The maximum Gasteiger partial charge on any atom is 0.434 e. The number of hydrogen-bond acceptors (Lipinski definition) is 6. The number of benzene rings is 1. The van der Waals surface area contributed by atoms with Crippen LogP contribution in [0.15, 0.2) is 48.2 Å². The molecule has 1 saturated carbocycles. The van der Waals surface area contributed by atoms with Gasteiger partial charge in [-0.2, -0.15) is 18.3 Å². The molecule has 48 heavy (non-hydrogen) atoms. The summed E-state index contributed by atoms with van der Waals surface area (Å²) in [7, 11) is 0. The summed E-state index contributed by atoms with van der Waals surface area (Å²) in [6, 6.07) is 11.2. The molecule has 11 heteroatoms. The van der Waals surface area contributed by atoms with Crippen LogP contribution in [0.4, 0.5) is 13.2 Å². The lowest BCUT2D eigenvalue weighted by Crippen LogP contribution is -2.38. The number of halogens is 3. The van der Waals surface area contributed by atoms with Crippen LogP contribution in [0, 0.1) is 11.8 Å². The third kappa shape index (κ3) is 7.15. The Bertz CT molecular complexity index is 1690. The first-order valence-corrected chi connectivity index (χ1v) is 17.1. The monoisotopic (exact) mass is 664 g/mol. The lowest BCUT2D eigenvalue weighted by molar-refractivity contribution is -0.143. The van der Waals surface area contributed by atoms with Crippen molar-refractivity contribution in [2.45, 2.75) is 84.2 Å². The van der Waals surface area contributed by atoms with Crippen LogP contribution in [0.2, 0.25) is 0 Å². The molecule has 1 aliphatic heterocycles. The highest BCUT2D eigenvalue weighted by Gasteiger charge is 2.41. The minimum atomic E-state index is -4.85. The standard InChI is InChI=1S/C37H43F3N4O4/c1-4-24-20-27(14-15-28(24)25-16-18-43(19-17-25)35(45)26-12-13-26)48-22-31-23(3)8-6-9-29(31)32-10-7-11-33(42-32)44-34(37(38,39)40)30(21-41-44)36(46)47-5-2/h7,10-11,14-15,20-21,23,25-26H,4-6,8-9,12-13,16-19,22H2,1-3H3. The van der Waals surface area contributed by atoms with Crippen LogP contribution in [-0.2, 0) is 22.1 Å². The number of pyridine rings is 1. The Labute approximate surface area is 279 Å². The van der Waals surface area contributed by atoms with Crippen LogP contribution in [0.3, 0.4) is 0 Å². The molecule has 0 spiro atoms. The van der Waals surface area contributed by atoms with Gasteiger partial charge in [-0.3, -0.25) is 4.79 Å². The number of rotatable bonds is 10. The fourth-order valence-electron chi connectivity index (χ4n) is 7.14. The van der Waals surface area contributed by atoms with E-state index in [9.17, 15) is 22.8 Å². The highest BCUT2D eigenvalue weighted by Crippen LogP contribution is 2.39. The Hall–Kier alpha value is -4.15. The van der Waals surface area contributed by atoms with Crippen LogP contribution in [0.25, 0.3) is 11.4 Å². The average molecular weight is 665 g/mol. The average Bonchev–Trinajstić information content (AvgIpc) is 3.83. The summed E-state index contributed by atoms with van der Waals surface area (Å²) >= 11 is 0. The number of ether oxygens (including phenoxy) is 2. The Morgan fingerprint density at radius 1 is 1.02 bits per heavy atom. The number of amides is 1. The molecule has 0 radical (unpaired) electrons. The molecule has 8 nitrogen and oxygen atoms in total. The van der Waals surface area contributed by atoms with Gasteiger partial charge in [0.05, 0.1) is 18.5 Å². The van der Waals surface area contributed by atoms with Crippen molar-refractivity contribution in [3.63, 3.8) is 0 Å². The van der Waals surface area contributed by atoms with Crippen molar-refractivity contribution < 1.29 is 32.2 Å². The van der Waals surface area contributed by atoms with Crippen molar-refractivity contribution >= 4 is 17.4 Å². The van der Waals surface area contributed by atoms with Crippen LogP contribution >= 0.6 is 0 Å². The van der Waals surface area contributed by atoms with E-state index in [0.717, 1.165) is 87.5 Å². The van der Waals surface area contributed by atoms with E-state index >= 15 is 0 Å². The van der Waals surface area contributed by atoms with E-state index in [0.29, 0.717) is 28.8 Å². The van der Waals surface area contributed by atoms with Gasteiger partial charge in [0.15, 0.2) is 11.5 Å². The summed E-state index contributed by atoms with van der Waals surface area (Å²) in [6.45, 7) is 7.74. The zero-order valence-corrected chi connectivity index (χ0v) is 27.8.